The second-order valence-electron chi connectivity index (χ2n) is 7.23. The van der Waals surface area contributed by atoms with E-state index in [0.29, 0.717) is 6.54 Å². The normalized spacial score (nSPS) is 21.7. The summed E-state index contributed by atoms with van der Waals surface area (Å²) in [5, 5.41) is 0. The van der Waals surface area contributed by atoms with Crippen LogP contribution in [0.3, 0.4) is 0 Å². The van der Waals surface area contributed by atoms with E-state index in [-0.39, 0.29) is 12.5 Å². The van der Waals surface area contributed by atoms with Crippen molar-refractivity contribution in [1.82, 2.24) is 4.90 Å². The fourth-order valence-corrected chi connectivity index (χ4v) is 4.40. The first-order chi connectivity index (χ1) is 13.0. The zero-order valence-electron chi connectivity index (χ0n) is 15.4. The van der Waals surface area contributed by atoms with Crippen molar-refractivity contribution in [3.63, 3.8) is 0 Å². The highest BCUT2D eigenvalue weighted by Gasteiger charge is 2.54. The highest BCUT2D eigenvalue weighted by Crippen LogP contribution is 2.47. The number of nitrogens with two attached hydrogens (primary N) is 1. The van der Waals surface area contributed by atoms with Crippen LogP contribution in [0.25, 0.3) is 0 Å². The third-order valence-electron chi connectivity index (χ3n) is 5.61. The lowest BCUT2D eigenvalue weighted by Gasteiger charge is -2.24. The Morgan fingerprint density at radius 2 is 1.93 bits per heavy atom. The third-order valence-corrected chi connectivity index (χ3v) is 5.61. The number of benzene rings is 2. The maximum absolute atomic E-state index is 13.3. The van der Waals surface area contributed by atoms with Crippen LogP contribution in [0.15, 0.2) is 48.5 Å². The SMILES string of the molecule is COc1ccccc1CN1CC[C@]2(C1)C(=O)N(CC(N)=O)c1ccccc12. The molecule has 2 heterocycles. The molecule has 0 saturated carbocycles. The second kappa shape index (κ2) is 6.70. The van der Waals surface area contributed by atoms with Crippen LogP contribution < -0.4 is 15.4 Å². The smallest absolute Gasteiger partial charge is 0.239 e. The Labute approximate surface area is 158 Å². The number of anilines is 1. The standard InChI is InChI=1S/C21H23N3O3/c1-27-18-9-5-2-6-15(18)12-23-11-10-21(14-23)16-7-3-4-8-17(16)24(20(21)26)13-19(22)25/h2-9H,10-14H2,1H3,(H2,22,25)/t21-/m1/s1. The molecule has 2 aromatic carbocycles. The number of hydrogen-bond donors (Lipinski definition) is 1. The minimum atomic E-state index is -0.603. The van der Waals surface area contributed by atoms with Crippen molar-refractivity contribution >= 4 is 17.5 Å². The van der Waals surface area contributed by atoms with Gasteiger partial charge in [-0.1, -0.05) is 36.4 Å². The van der Waals surface area contributed by atoms with Gasteiger partial charge in [-0.15, -0.1) is 0 Å². The first-order valence-electron chi connectivity index (χ1n) is 9.09. The van der Waals surface area contributed by atoms with Crippen molar-refractivity contribution < 1.29 is 14.3 Å². The van der Waals surface area contributed by atoms with Gasteiger partial charge in [-0.2, -0.15) is 0 Å². The number of likely N-dealkylation sites (tertiary alicyclic amines) is 1. The number of ether oxygens (including phenoxy) is 1. The molecule has 2 aliphatic rings. The average molecular weight is 365 g/mol. The largest absolute Gasteiger partial charge is 0.496 e. The van der Waals surface area contributed by atoms with E-state index in [1.54, 1.807) is 12.0 Å². The molecule has 0 radical (unpaired) electrons. The van der Waals surface area contributed by atoms with E-state index in [0.717, 1.165) is 42.1 Å². The summed E-state index contributed by atoms with van der Waals surface area (Å²) in [6.07, 6.45) is 0.729. The summed E-state index contributed by atoms with van der Waals surface area (Å²) in [4.78, 5) is 28.6. The number of methoxy groups -OCH3 is 1. The van der Waals surface area contributed by atoms with Gasteiger partial charge >= 0.3 is 0 Å². The number of amides is 2. The van der Waals surface area contributed by atoms with Crippen LogP contribution >= 0.6 is 0 Å². The zero-order chi connectivity index (χ0) is 19.0. The highest BCUT2D eigenvalue weighted by atomic mass is 16.5. The molecule has 1 saturated heterocycles. The lowest BCUT2D eigenvalue weighted by Crippen LogP contribution is -2.45. The summed E-state index contributed by atoms with van der Waals surface area (Å²) in [5.41, 5.74) is 7.69. The van der Waals surface area contributed by atoms with E-state index in [4.69, 9.17) is 10.5 Å². The predicted molar refractivity (Wildman–Crippen MR) is 103 cm³/mol. The number of hydrogen-bond acceptors (Lipinski definition) is 4. The van der Waals surface area contributed by atoms with Gasteiger partial charge in [0.05, 0.1) is 12.5 Å². The van der Waals surface area contributed by atoms with Crippen molar-refractivity contribution in [3.05, 3.63) is 59.7 Å². The molecule has 6 nitrogen and oxygen atoms in total. The quantitative estimate of drug-likeness (QED) is 0.875. The van der Waals surface area contributed by atoms with E-state index in [1.165, 1.54) is 0 Å². The molecule has 2 amide bonds. The molecule has 4 rings (SSSR count). The molecule has 2 aliphatic heterocycles. The lowest BCUT2D eigenvalue weighted by molar-refractivity contribution is -0.125. The van der Waals surface area contributed by atoms with Gasteiger partial charge in [0.15, 0.2) is 0 Å². The number of rotatable bonds is 5. The second-order valence-corrected chi connectivity index (χ2v) is 7.23. The molecule has 0 aliphatic carbocycles. The molecule has 6 heteroatoms. The van der Waals surface area contributed by atoms with Crippen LogP contribution in [-0.4, -0.2) is 43.5 Å². The van der Waals surface area contributed by atoms with Crippen LogP contribution in [0, 0.1) is 0 Å². The van der Waals surface area contributed by atoms with E-state index in [1.807, 2.05) is 48.5 Å². The Kier molecular flexibility index (Phi) is 4.36. The molecule has 2 N–H and O–H groups in total. The van der Waals surface area contributed by atoms with Gasteiger partial charge in [0, 0.05) is 24.3 Å². The van der Waals surface area contributed by atoms with Gasteiger partial charge in [-0.05, 0) is 30.7 Å². The van der Waals surface area contributed by atoms with Crippen molar-refractivity contribution in [1.29, 1.82) is 0 Å². The van der Waals surface area contributed by atoms with Gasteiger partial charge in [0.1, 0.15) is 12.3 Å². The Hall–Kier alpha value is -2.86. The van der Waals surface area contributed by atoms with Gasteiger partial charge < -0.3 is 15.4 Å². The van der Waals surface area contributed by atoms with Gasteiger partial charge in [-0.3, -0.25) is 14.5 Å². The van der Waals surface area contributed by atoms with Gasteiger partial charge in [0.25, 0.3) is 0 Å². The summed E-state index contributed by atoms with van der Waals surface area (Å²) in [7, 11) is 1.67. The topological polar surface area (TPSA) is 75.9 Å². The fraction of sp³-hybridized carbons (Fsp3) is 0.333. The van der Waals surface area contributed by atoms with Crippen LogP contribution in [0.5, 0.6) is 5.75 Å². The maximum Gasteiger partial charge on any atom is 0.239 e. The van der Waals surface area contributed by atoms with Crippen LogP contribution in [0.4, 0.5) is 5.69 Å². The summed E-state index contributed by atoms with van der Waals surface area (Å²) < 4.78 is 5.46. The molecule has 1 atom stereocenters. The number of para-hydroxylation sites is 2. The Morgan fingerprint density at radius 3 is 2.70 bits per heavy atom. The Morgan fingerprint density at radius 1 is 1.19 bits per heavy atom. The van der Waals surface area contributed by atoms with Crippen LogP contribution in [-0.2, 0) is 21.5 Å². The molecule has 0 bridgehead atoms. The molecule has 0 aromatic heterocycles. The maximum atomic E-state index is 13.3. The van der Waals surface area contributed by atoms with E-state index in [9.17, 15) is 9.59 Å². The number of nitrogens with zero attached hydrogens (tertiary/aromatic N) is 2. The average Bonchev–Trinajstić information content (AvgIpc) is 3.19. The number of carbonyl (C=O) groups is 2. The Bertz CT molecular complexity index is 898. The zero-order valence-corrected chi connectivity index (χ0v) is 15.4. The lowest BCUT2D eigenvalue weighted by atomic mass is 9.81. The molecule has 1 fully saturated rings. The first-order valence-corrected chi connectivity index (χ1v) is 9.09. The fourth-order valence-electron chi connectivity index (χ4n) is 4.40. The summed E-state index contributed by atoms with van der Waals surface area (Å²) >= 11 is 0. The van der Waals surface area contributed by atoms with Crippen molar-refractivity contribution in [3.8, 4) is 5.75 Å². The van der Waals surface area contributed by atoms with E-state index in [2.05, 4.69) is 4.90 Å². The molecule has 140 valence electrons. The number of fused-ring (bicyclic) bond motifs is 2. The summed E-state index contributed by atoms with van der Waals surface area (Å²) in [6, 6.07) is 15.7. The summed E-state index contributed by atoms with van der Waals surface area (Å²) in [5.74, 6) is 0.330. The van der Waals surface area contributed by atoms with Gasteiger partial charge in [0.2, 0.25) is 11.8 Å². The van der Waals surface area contributed by atoms with Gasteiger partial charge in [-0.25, -0.2) is 0 Å². The van der Waals surface area contributed by atoms with E-state index >= 15 is 0 Å². The van der Waals surface area contributed by atoms with E-state index < -0.39 is 11.3 Å². The predicted octanol–water partition coefficient (Wildman–Crippen LogP) is 1.67. The molecular weight excluding hydrogens is 342 g/mol. The summed E-state index contributed by atoms with van der Waals surface area (Å²) in [6.45, 7) is 2.07. The van der Waals surface area contributed by atoms with Crippen LogP contribution in [0.1, 0.15) is 17.5 Å². The minimum Gasteiger partial charge on any atom is -0.496 e. The highest BCUT2D eigenvalue weighted by molar-refractivity contribution is 6.11. The van der Waals surface area contributed by atoms with Crippen LogP contribution in [0.2, 0.25) is 0 Å². The number of primary amides is 1. The molecule has 0 unspecified atom stereocenters. The molecular formula is C21H23N3O3. The third kappa shape index (κ3) is 2.86. The first kappa shape index (κ1) is 17.5. The Balaban J connectivity index is 1.63. The molecule has 27 heavy (non-hydrogen) atoms. The molecule has 1 spiro atoms. The monoisotopic (exact) mass is 365 g/mol. The van der Waals surface area contributed by atoms with Crippen molar-refractivity contribution in [2.75, 3.05) is 31.6 Å². The van der Waals surface area contributed by atoms with Crippen molar-refractivity contribution in [2.24, 2.45) is 5.73 Å². The number of carbonyl (C=O) groups excluding carboxylic acids is 2. The molecule has 2 aromatic rings. The van der Waals surface area contributed by atoms with Crippen molar-refractivity contribution in [2.45, 2.75) is 18.4 Å². The minimum absolute atomic E-state index is 0.0231.